The summed E-state index contributed by atoms with van der Waals surface area (Å²) in [7, 11) is 7.20. The molecule has 2 radical (unpaired) electrons. The second-order valence-corrected chi connectivity index (χ2v) is 8.22. The van der Waals surface area contributed by atoms with E-state index in [0.29, 0.717) is 9.65 Å². The molecule has 21 heavy (non-hydrogen) atoms. The second-order valence-electron chi connectivity index (χ2n) is 3.75. The Bertz CT molecular complexity index is 722. The molecule has 0 unspecified atom stereocenters. The van der Waals surface area contributed by atoms with E-state index in [1.807, 2.05) is 13.1 Å². The van der Waals surface area contributed by atoms with Crippen molar-refractivity contribution in [3.8, 4) is 10.6 Å². The summed E-state index contributed by atoms with van der Waals surface area (Å²) in [4.78, 5) is 16.3. The Balaban J connectivity index is 0.000000173. The van der Waals surface area contributed by atoms with Crippen molar-refractivity contribution in [3.63, 3.8) is 0 Å². The average molecular weight is 397 g/mol. The van der Waals surface area contributed by atoms with Crippen LogP contribution in [0.15, 0.2) is 33.4 Å². The van der Waals surface area contributed by atoms with E-state index in [1.165, 1.54) is 16.2 Å². The molecule has 3 aromatic rings. The van der Waals surface area contributed by atoms with Crippen LogP contribution in [0.5, 0.6) is 0 Å². The van der Waals surface area contributed by atoms with Gasteiger partial charge >= 0.3 is 0 Å². The molecule has 106 valence electrons. The van der Waals surface area contributed by atoms with Gasteiger partial charge in [-0.15, -0.1) is 34.0 Å². The van der Waals surface area contributed by atoms with Crippen LogP contribution in [0, 0.1) is 0 Å². The molecule has 1 N–H and O–H groups in total. The number of hydrogen-bond acceptors (Lipinski definition) is 6. The lowest BCUT2D eigenvalue weighted by Gasteiger charge is -1.89. The second kappa shape index (κ2) is 7.88. The molecule has 0 amide bonds. The number of carbonyl (C=O) groups is 1. The zero-order valence-electron chi connectivity index (χ0n) is 11.0. The lowest BCUT2D eigenvalue weighted by atomic mass is 10.1. The van der Waals surface area contributed by atoms with E-state index in [2.05, 4.69) is 37.7 Å². The molecule has 0 saturated heterocycles. The van der Waals surface area contributed by atoms with E-state index in [0.717, 1.165) is 20.9 Å². The molecular formula is C13H10BBrN2OS3. The fourth-order valence-corrected chi connectivity index (χ4v) is 4.07. The van der Waals surface area contributed by atoms with Crippen LogP contribution in [-0.4, -0.2) is 26.2 Å². The van der Waals surface area contributed by atoms with Gasteiger partial charge in [0.25, 0.3) is 0 Å². The third-order valence-corrected chi connectivity index (χ3v) is 5.65. The van der Waals surface area contributed by atoms with Crippen molar-refractivity contribution in [2.24, 2.45) is 0 Å². The van der Waals surface area contributed by atoms with Crippen LogP contribution in [0.3, 0.4) is 0 Å². The van der Waals surface area contributed by atoms with Crippen molar-refractivity contribution in [1.82, 2.24) is 4.98 Å². The highest BCUT2D eigenvalue weighted by molar-refractivity contribution is 9.11. The van der Waals surface area contributed by atoms with Gasteiger partial charge in [-0.3, -0.25) is 4.79 Å². The number of rotatable bonds is 3. The number of anilines is 1. The smallest absolute Gasteiger partial charge is 0.182 e. The van der Waals surface area contributed by atoms with Gasteiger partial charge in [0.2, 0.25) is 0 Å². The standard InChI is InChI=1S/C8H7BrN2S2.C5H3BOS/c1-10-8-11-5(4-12-8)6-2-3-7(9)13-6;6-5-2-1-4(3-7)8-5/h2-4H,1H3,(H,10,11);1-3H. The minimum Gasteiger partial charge on any atom is -0.365 e. The van der Waals surface area contributed by atoms with Crippen LogP contribution in [0.1, 0.15) is 9.67 Å². The summed E-state index contributed by atoms with van der Waals surface area (Å²) in [6.07, 6.45) is 0.793. The molecule has 0 bridgehead atoms. The van der Waals surface area contributed by atoms with E-state index in [9.17, 15) is 4.79 Å². The van der Waals surface area contributed by atoms with Gasteiger partial charge in [-0.2, -0.15) is 0 Å². The number of nitrogens with one attached hydrogen (secondary N) is 1. The van der Waals surface area contributed by atoms with Crippen LogP contribution in [-0.2, 0) is 0 Å². The maximum absolute atomic E-state index is 9.97. The van der Waals surface area contributed by atoms with Crippen molar-refractivity contribution in [3.05, 3.63) is 38.3 Å². The summed E-state index contributed by atoms with van der Waals surface area (Å²) < 4.78 is 1.83. The van der Waals surface area contributed by atoms with E-state index >= 15 is 0 Å². The van der Waals surface area contributed by atoms with E-state index in [4.69, 9.17) is 7.85 Å². The van der Waals surface area contributed by atoms with Gasteiger partial charge < -0.3 is 5.32 Å². The zero-order chi connectivity index (χ0) is 15.2. The molecule has 0 atom stereocenters. The number of hydrogen-bond donors (Lipinski definition) is 1. The van der Waals surface area contributed by atoms with Crippen molar-refractivity contribution >= 4 is 74.0 Å². The lowest BCUT2D eigenvalue weighted by molar-refractivity contribution is 0.112. The normalized spacial score (nSPS) is 9.81. The van der Waals surface area contributed by atoms with Crippen LogP contribution in [0.4, 0.5) is 5.13 Å². The first-order valence-corrected chi connectivity index (χ1v) is 9.12. The number of aromatic nitrogens is 1. The summed E-state index contributed by atoms with van der Waals surface area (Å²) in [6.45, 7) is 0. The van der Waals surface area contributed by atoms with E-state index in [-0.39, 0.29) is 0 Å². The average Bonchev–Trinajstić information content (AvgIpc) is 3.19. The molecule has 3 heterocycles. The molecule has 0 spiro atoms. The first-order valence-electron chi connectivity index (χ1n) is 5.82. The highest BCUT2D eigenvalue weighted by Crippen LogP contribution is 2.32. The van der Waals surface area contributed by atoms with E-state index in [1.54, 1.807) is 34.8 Å². The highest BCUT2D eigenvalue weighted by atomic mass is 79.9. The molecule has 0 aliphatic rings. The Hall–Kier alpha value is -0.955. The Kier molecular flexibility index (Phi) is 6.16. The molecule has 0 saturated carbocycles. The molecular weight excluding hydrogens is 387 g/mol. The highest BCUT2D eigenvalue weighted by Gasteiger charge is 2.05. The van der Waals surface area contributed by atoms with Crippen LogP contribution in [0.2, 0.25) is 0 Å². The quantitative estimate of drug-likeness (QED) is 0.536. The van der Waals surface area contributed by atoms with Gasteiger partial charge in [-0.1, -0.05) is 6.07 Å². The summed E-state index contributed by atoms with van der Waals surface area (Å²) in [5, 5.41) is 6.04. The van der Waals surface area contributed by atoms with Crippen LogP contribution >= 0.6 is 49.9 Å². The topological polar surface area (TPSA) is 42.0 Å². The maximum atomic E-state index is 9.97. The molecule has 8 heteroatoms. The summed E-state index contributed by atoms with van der Waals surface area (Å²) in [5.41, 5.74) is 1.05. The van der Waals surface area contributed by atoms with Crippen molar-refractivity contribution in [2.45, 2.75) is 0 Å². The number of thiophene rings is 2. The van der Waals surface area contributed by atoms with Gasteiger partial charge in [0.15, 0.2) is 11.4 Å². The molecule has 3 nitrogen and oxygen atoms in total. The van der Waals surface area contributed by atoms with Gasteiger partial charge in [0.05, 0.1) is 19.2 Å². The Morgan fingerprint density at radius 3 is 2.52 bits per heavy atom. The monoisotopic (exact) mass is 396 g/mol. The van der Waals surface area contributed by atoms with Crippen molar-refractivity contribution in [2.75, 3.05) is 12.4 Å². The van der Waals surface area contributed by atoms with Gasteiger partial charge in [0, 0.05) is 12.4 Å². The van der Waals surface area contributed by atoms with Crippen molar-refractivity contribution in [1.29, 1.82) is 0 Å². The molecule has 3 rings (SSSR count). The SMILES string of the molecule is CNc1nc(-c2ccc(Br)s2)cs1.[B]c1ccc(C=O)s1. The summed E-state index contributed by atoms with van der Waals surface area (Å²) in [5.74, 6) is 0. The molecule has 0 aromatic carbocycles. The van der Waals surface area contributed by atoms with E-state index < -0.39 is 0 Å². The Morgan fingerprint density at radius 2 is 2.10 bits per heavy atom. The summed E-state index contributed by atoms with van der Waals surface area (Å²) in [6, 6.07) is 7.53. The Morgan fingerprint density at radius 1 is 1.29 bits per heavy atom. The fraction of sp³-hybridized carbons (Fsp3) is 0.0769. The third kappa shape index (κ3) is 4.77. The first kappa shape index (κ1) is 16.4. The number of aldehydes is 1. The number of carbonyl (C=O) groups excluding carboxylic acids is 1. The lowest BCUT2D eigenvalue weighted by Crippen LogP contribution is -1.88. The number of thiazole rings is 1. The third-order valence-electron chi connectivity index (χ3n) is 2.31. The number of nitrogens with zero attached hydrogens (tertiary/aromatic N) is 1. The van der Waals surface area contributed by atoms with Gasteiger partial charge in [0.1, 0.15) is 7.85 Å². The molecule has 3 aromatic heterocycles. The number of halogens is 1. The van der Waals surface area contributed by atoms with Crippen molar-refractivity contribution < 1.29 is 4.79 Å². The maximum Gasteiger partial charge on any atom is 0.182 e. The van der Waals surface area contributed by atoms with Gasteiger partial charge in [-0.25, -0.2) is 4.98 Å². The fourth-order valence-electron chi connectivity index (χ4n) is 1.39. The molecule has 0 aliphatic carbocycles. The Labute approximate surface area is 144 Å². The molecule has 0 fully saturated rings. The minimum absolute atomic E-state index is 0.683. The predicted molar refractivity (Wildman–Crippen MR) is 97.8 cm³/mol. The molecule has 0 aliphatic heterocycles. The largest absolute Gasteiger partial charge is 0.365 e. The first-order chi connectivity index (χ1) is 10.1. The minimum atomic E-state index is 0.683. The van der Waals surface area contributed by atoms with Crippen LogP contribution in [0.25, 0.3) is 10.6 Å². The summed E-state index contributed by atoms with van der Waals surface area (Å²) >= 11 is 8.05. The zero-order valence-corrected chi connectivity index (χ0v) is 15.0. The predicted octanol–water partition coefficient (Wildman–Crippen LogP) is 4.03. The van der Waals surface area contributed by atoms with Gasteiger partial charge in [-0.05, 0) is 38.9 Å². The van der Waals surface area contributed by atoms with Crippen LogP contribution < -0.4 is 10.1 Å².